The number of nitriles is 1. The summed E-state index contributed by atoms with van der Waals surface area (Å²) in [5, 5.41) is 9.57. The maximum absolute atomic E-state index is 11.7. The van der Waals surface area contributed by atoms with E-state index in [2.05, 4.69) is 11.0 Å². The summed E-state index contributed by atoms with van der Waals surface area (Å²) in [6, 6.07) is 2.42. The van der Waals surface area contributed by atoms with E-state index in [9.17, 15) is 10.1 Å². The zero-order valence-electron chi connectivity index (χ0n) is 11.9. The number of carbonyl (C=O) groups is 1. The minimum atomic E-state index is -0.579. The molecule has 6 nitrogen and oxygen atoms in total. The van der Waals surface area contributed by atoms with Crippen LogP contribution in [0.1, 0.15) is 19.8 Å². The molecule has 20 heavy (non-hydrogen) atoms. The highest BCUT2D eigenvalue weighted by Crippen LogP contribution is 2.26. The van der Waals surface area contributed by atoms with Gasteiger partial charge in [0.1, 0.15) is 12.1 Å². The molecule has 1 atom stereocenters. The Labute approximate surface area is 119 Å². The third-order valence-corrected chi connectivity index (χ3v) is 3.86. The molecule has 2 heterocycles. The number of rotatable bonds is 2. The molecular weight excluding hydrogens is 258 g/mol. The lowest BCUT2D eigenvalue weighted by molar-refractivity contribution is 0.0190. The number of amides is 1. The number of piperazine rings is 1. The van der Waals surface area contributed by atoms with Crippen molar-refractivity contribution >= 4 is 6.09 Å². The average Bonchev–Trinajstić information content (AvgIpc) is 2.74. The molecule has 0 bridgehead atoms. The SMILES string of the molecule is CCOC(=O)N1CCN(C2(C#N)CCC=COC2)CC1. The third-order valence-electron chi connectivity index (χ3n) is 3.86. The molecule has 1 unspecified atom stereocenters. The van der Waals surface area contributed by atoms with E-state index in [-0.39, 0.29) is 6.09 Å². The van der Waals surface area contributed by atoms with E-state index < -0.39 is 5.54 Å². The van der Waals surface area contributed by atoms with E-state index in [1.807, 2.05) is 6.08 Å². The number of allylic oxidation sites excluding steroid dienone is 1. The first-order valence-corrected chi connectivity index (χ1v) is 7.06. The van der Waals surface area contributed by atoms with Gasteiger partial charge in [0.15, 0.2) is 0 Å². The molecule has 1 amide bonds. The van der Waals surface area contributed by atoms with Crippen LogP contribution in [0.2, 0.25) is 0 Å². The molecule has 2 rings (SSSR count). The van der Waals surface area contributed by atoms with E-state index >= 15 is 0 Å². The Hall–Kier alpha value is -1.74. The predicted molar refractivity (Wildman–Crippen MR) is 72.8 cm³/mol. The molecule has 2 aliphatic rings. The van der Waals surface area contributed by atoms with Crippen molar-refractivity contribution in [3.8, 4) is 6.07 Å². The van der Waals surface area contributed by atoms with E-state index in [1.54, 1.807) is 18.1 Å². The lowest BCUT2D eigenvalue weighted by atomic mass is 9.93. The van der Waals surface area contributed by atoms with Gasteiger partial charge in [-0.15, -0.1) is 0 Å². The van der Waals surface area contributed by atoms with Crippen LogP contribution in [-0.4, -0.2) is 60.8 Å². The van der Waals surface area contributed by atoms with Gasteiger partial charge in [0.05, 0.1) is 18.9 Å². The van der Waals surface area contributed by atoms with Gasteiger partial charge in [-0.2, -0.15) is 5.26 Å². The van der Waals surface area contributed by atoms with Gasteiger partial charge in [0, 0.05) is 26.2 Å². The van der Waals surface area contributed by atoms with Crippen LogP contribution in [0.5, 0.6) is 0 Å². The molecule has 0 N–H and O–H groups in total. The number of ether oxygens (including phenoxy) is 2. The smallest absolute Gasteiger partial charge is 0.409 e. The Bertz CT molecular complexity index is 398. The molecule has 0 radical (unpaired) electrons. The topological polar surface area (TPSA) is 65.8 Å². The summed E-state index contributed by atoms with van der Waals surface area (Å²) in [6.45, 7) is 5.12. The third kappa shape index (κ3) is 3.05. The van der Waals surface area contributed by atoms with Crippen molar-refractivity contribution in [1.29, 1.82) is 5.26 Å². The minimum Gasteiger partial charge on any atom is -0.498 e. The van der Waals surface area contributed by atoms with Crippen LogP contribution in [0.15, 0.2) is 12.3 Å². The van der Waals surface area contributed by atoms with Crippen molar-refractivity contribution < 1.29 is 14.3 Å². The van der Waals surface area contributed by atoms with Crippen LogP contribution in [0, 0.1) is 11.3 Å². The largest absolute Gasteiger partial charge is 0.498 e. The van der Waals surface area contributed by atoms with Crippen molar-refractivity contribution in [3.63, 3.8) is 0 Å². The molecule has 6 heteroatoms. The summed E-state index contributed by atoms with van der Waals surface area (Å²) in [7, 11) is 0. The molecule has 0 aromatic rings. The van der Waals surface area contributed by atoms with Crippen molar-refractivity contribution in [2.75, 3.05) is 39.4 Å². The van der Waals surface area contributed by atoms with Gasteiger partial charge in [-0.25, -0.2) is 4.79 Å². The summed E-state index contributed by atoms with van der Waals surface area (Å²) >= 11 is 0. The second kappa shape index (κ2) is 6.62. The molecule has 1 saturated heterocycles. The second-order valence-corrected chi connectivity index (χ2v) is 5.04. The van der Waals surface area contributed by atoms with Gasteiger partial charge < -0.3 is 14.4 Å². The normalized spacial score (nSPS) is 27.3. The fourth-order valence-corrected chi connectivity index (χ4v) is 2.66. The summed E-state index contributed by atoms with van der Waals surface area (Å²) in [5.41, 5.74) is -0.579. The first kappa shape index (κ1) is 14.7. The molecule has 2 aliphatic heterocycles. The number of nitrogens with zero attached hydrogens (tertiary/aromatic N) is 3. The first-order valence-electron chi connectivity index (χ1n) is 7.06. The van der Waals surface area contributed by atoms with Crippen LogP contribution in [0.3, 0.4) is 0 Å². The highest BCUT2D eigenvalue weighted by Gasteiger charge is 2.40. The highest BCUT2D eigenvalue weighted by atomic mass is 16.6. The average molecular weight is 279 g/mol. The molecular formula is C14H21N3O3. The zero-order chi connectivity index (χ0) is 14.4. The van der Waals surface area contributed by atoms with Crippen molar-refractivity contribution in [2.45, 2.75) is 25.3 Å². The lowest BCUT2D eigenvalue weighted by Crippen LogP contribution is -2.59. The predicted octanol–water partition coefficient (Wildman–Crippen LogP) is 1.35. The summed E-state index contributed by atoms with van der Waals surface area (Å²) in [6.07, 6.45) is 4.96. The van der Waals surface area contributed by atoms with Gasteiger partial charge in [-0.3, -0.25) is 4.90 Å². The number of carbonyl (C=O) groups excluding carboxylic acids is 1. The fraction of sp³-hybridized carbons (Fsp3) is 0.714. The highest BCUT2D eigenvalue weighted by molar-refractivity contribution is 5.67. The standard InChI is InChI=1S/C14H21N3O3/c1-2-20-13(18)16-6-8-17(9-7-16)14(11-15)5-3-4-10-19-12-14/h4,10H,2-3,5-9,12H2,1H3. The van der Waals surface area contributed by atoms with E-state index in [4.69, 9.17) is 9.47 Å². The van der Waals surface area contributed by atoms with Crippen LogP contribution in [0.25, 0.3) is 0 Å². The van der Waals surface area contributed by atoms with Crippen LogP contribution < -0.4 is 0 Å². The van der Waals surface area contributed by atoms with E-state index in [0.29, 0.717) is 39.4 Å². The Morgan fingerprint density at radius 1 is 1.45 bits per heavy atom. The van der Waals surface area contributed by atoms with Gasteiger partial charge in [-0.1, -0.05) is 0 Å². The van der Waals surface area contributed by atoms with Gasteiger partial charge in [0.25, 0.3) is 0 Å². The monoisotopic (exact) mass is 279 g/mol. The van der Waals surface area contributed by atoms with E-state index in [0.717, 1.165) is 12.8 Å². The quantitative estimate of drug-likeness (QED) is 0.763. The Morgan fingerprint density at radius 3 is 2.85 bits per heavy atom. The first-order chi connectivity index (χ1) is 9.72. The van der Waals surface area contributed by atoms with Crippen molar-refractivity contribution in [3.05, 3.63) is 12.3 Å². The maximum atomic E-state index is 11.7. The van der Waals surface area contributed by atoms with Crippen LogP contribution in [0.4, 0.5) is 4.79 Å². The molecule has 110 valence electrons. The molecule has 0 saturated carbocycles. The Kier molecular flexibility index (Phi) is 4.85. The summed E-state index contributed by atoms with van der Waals surface area (Å²) in [5.74, 6) is 0. The maximum Gasteiger partial charge on any atom is 0.409 e. The summed E-state index contributed by atoms with van der Waals surface area (Å²) in [4.78, 5) is 15.5. The minimum absolute atomic E-state index is 0.267. The molecule has 0 aliphatic carbocycles. The molecule has 0 aromatic heterocycles. The van der Waals surface area contributed by atoms with Gasteiger partial charge >= 0.3 is 6.09 Å². The van der Waals surface area contributed by atoms with Crippen molar-refractivity contribution in [2.24, 2.45) is 0 Å². The Morgan fingerprint density at radius 2 is 2.20 bits per heavy atom. The van der Waals surface area contributed by atoms with Gasteiger partial charge in [0.2, 0.25) is 0 Å². The van der Waals surface area contributed by atoms with Crippen LogP contribution >= 0.6 is 0 Å². The Balaban J connectivity index is 1.95. The fourth-order valence-electron chi connectivity index (χ4n) is 2.66. The zero-order valence-corrected chi connectivity index (χ0v) is 11.9. The molecule has 0 aromatic carbocycles. The number of hydrogen-bond donors (Lipinski definition) is 0. The summed E-state index contributed by atoms with van der Waals surface area (Å²) < 4.78 is 10.4. The van der Waals surface area contributed by atoms with Gasteiger partial charge in [-0.05, 0) is 25.8 Å². The second-order valence-electron chi connectivity index (χ2n) is 5.04. The van der Waals surface area contributed by atoms with Crippen molar-refractivity contribution in [1.82, 2.24) is 9.80 Å². The van der Waals surface area contributed by atoms with Crippen LogP contribution in [-0.2, 0) is 9.47 Å². The number of hydrogen-bond acceptors (Lipinski definition) is 5. The molecule has 1 fully saturated rings. The lowest BCUT2D eigenvalue weighted by Gasteiger charge is -2.42. The molecule has 0 spiro atoms. The van der Waals surface area contributed by atoms with E-state index in [1.165, 1.54) is 0 Å².